The van der Waals surface area contributed by atoms with Gasteiger partial charge in [-0.05, 0) is 18.4 Å². The van der Waals surface area contributed by atoms with E-state index in [4.69, 9.17) is 11.6 Å². The molecule has 0 amide bonds. The second-order valence-electron chi connectivity index (χ2n) is 4.88. The van der Waals surface area contributed by atoms with Crippen LogP contribution in [0, 0.1) is 0 Å². The first-order valence-electron chi connectivity index (χ1n) is 6.12. The summed E-state index contributed by atoms with van der Waals surface area (Å²) in [5.74, 6) is -0.811. The average Bonchev–Trinajstić information content (AvgIpc) is 3.14. The van der Waals surface area contributed by atoms with Crippen molar-refractivity contribution in [3.05, 3.63) is 52.8 Å². The summed E-state index contributed by atoms with van der Waals surface area (Å²) >= 11 is 6.28. The van der Waals surface area contributed by atoms with E-state index in [0.29, 0.717) is 30.1 Å². The van der Waals surface area contributed by atoms with Crippen molar-refractivity contribution in [1.29, 1.82) is 0 Å². The summed E-state index contributed by atoms with van der Waals surface area (Å²) in [5, 5.41) is 13.9. The van der Waals surface area contributed by atoms with Crippen LogP contribution in [0.5, 0.6) is 0 Å². The smallest absolute Gasteiger partial charge is 0.314 e. The summed E-state index contributed by atoms with van der Waals surface area (Å²) in [6.07, 6.45) is 2.87. The number of carboxylic acid groups (broad SMARTS) is 1. The predicted molar refractivity (Wildman–Crippen MR) is 71.3 cm³/mol. The van der Waals surface area contributed by atoms with Crippen LogP contribution in [0.4, 0.5) is 0 Å². The number of rotatable bonds is 4. The third kappa shape index (κ3) is 2.02. The number of carboxylic acids is 1. The molecule has 0 aliphatic heterocycles. The number of nitrogens with zero attached hydrogens (tertiary/aromatic N) is 2. The van der Waals surface area contributed by atoms with Gasteiger partial charge in [-0.1, -0.05) is 41.9 Å². The minimum atomic E-state index is -0.811. The SMILES string of the molecule is O=C(O)C1(c2cnn(Cc3ccccc3)c2Cl)CC1. The molecule has 0 saturated heterocycles. The molecule has 1 N–H and O–H groups in total. The van der Waals surface area contributed by atoms with Gasteiger partial charge in [0.25, 0.3) is 0 Å². The molecular formula is C14H13ClN2O2. The van der Waals surface area contributed by atoms with E-state index < -0.39 is 11.4 Å². The lowest BCUT2D eigenvalue weighted by Crippen LogP contribution is -2.19. The molecule has 0 radical (unpaired) electrons. The second-order valence-corrected chi connectivity index (χ2v) is 5.24. The van der Waals surface area contributed by atoms with Gasteiger partial charge in [-0.25, -0.2) is 4.68 Å². The monoisotopic (exact) mass is 276 g/mol. The molecule has 1 aliphatic rings. The zero-order chi connectivity index (χ0) is 13.5. The van der Waals surface area contributed by atoms with Crippen molar-refractivity contribution in [3.63, 3.8) is 0 Å². The number of aliphatic carboxylic acids is 1. The maximum absolute atomic E-state index is 11.3. The molecule has 1 fully saturated rings. The summed E-state index contributed by atoms with van der Waals surface area (Å²) < 4.78 is 1.65. The molecule has 5 heteroatoms. The van der Waals surface area contributed by atoms with Crippen LogP contribution in [0.2, 0.25) is 5.15 Å². The van der Waals surface area contributed by atoms with Crippen LogP contribution >= 0.6 is 11.6 Å². The Labute approximate surface area is 115 Å². The minimum Gasteiger partial charge on any atom is -0.481 e. The van der Waals surface area contributed by atoms with Crippen LogP contribution in [0.15, 0.2) is 36.5 Å². The maximum atomic E-state index is 11.3. The van der Waals surface area contributed by atoms with E-state index in [-0.39, 0.29) is 0 Å². The van der Waals surface area contributed by atoms with Crippen molar-refractivity contribution in [2.24, 2.45) is 0 Å². The summed E-state index contributed by atoms with van der Waals surface area (Å²) in [6.45, 7) is 0.551. The van der Waals surface area contributed by atoms with Crippen molar-refractivity contribution >= 4 is 17.6 Å². The van der Waals surface area contributed by atoms with Gasteiger partial charge in [0.15, 0.2) is 0 Å². The quantitative estimate of drug-likeness (QED) is 0.934. The molecule has 1 saturated carbocycles. The molecule has 19 heavy (non-hydrogen) atoms. The Balaban J connectivity index is 1.90. The normalized spacial score (nSPS) is 16.3. The second kappa shape index (κ2) is 4.38. The highest BCUT2D eigenvalue weighted by Crippen LogP contribution is 2.50. The van der Waals surface area contributed by atoms with E-state index in [0.717, 1.165) is 5.56 Å². The van der Waals surface area contributed by atoms with Gasteiger partial charge in [-0.3, -0.25) is 4.79 Å². The van der Waals surface area contributed by atoms with Gasteiger partial charge in [-0.15, -0.1) is 0 Å². The summed E-state index contributed by atoms with van der Waals surface area (Å²) in [4.78, 5) is 11.3. The highest BCUT2D eigenvalue weighted by molar-refractivity contribution is 6.30. The van der Waals surface area contributed by atoms with Gasteiger partial charge in [0.2, 0.25) is 0 Å². The van der Waals surface area contributed by atoms with Gasteiger partial charge >= 0.3 is 5.97 Å². The Morgan fingerprint density at radius 3 is 2.63 bits per heavy atom. The fraction of sp³-hybridized carbons (Fsp3) is 0.286. The molecule has 4 nitrogen and oxygen atoms in total. The number of carbonyl (C=O) groups is 1. The van der Waals surface area contributed by atoms with Crippen LogP contribution < -0.4 is 0 Å². The van der Waals surface area contributed by atoms with Gasteiger partial charge < -0.3 is 5.11 Å². The van der Waals surface area contributed by atoms with E-state index in [1.54, 1.807) is 10.9 Å². The molecule has 98 valence electrons. The number of hydrogen-bond acceptors (Lipinski definition) is 2. The number of halogens is 1. The first kappa shape index (κ1) is 12.2. The zero-order valence-electron chi connectivity index (χ0n) is 10.2. The van der Waals surface area contributed by atoms with Crippen LogP contribution in [-0.4, -0.2) is 20.9 Å². The van der Waals surface area contributed by atoms with E-state index in [1.807, 2.05) is 30.3 Å². The Kier molecular flexibility index (Phi) is 2.82. The van der Waals surface area contributed by atoms with Crippen molar-refractivity contribution < 1.29 is 9.90 Å². The first-order chi connectivity index (χ1) is 9.13. The van der Waals surface area contributed by atoms with Crippen LogP contribution in [0.3, 0.4) is 0 Å². The topological polar surface area (TPSA) is 55.1 Å². The Morgan fingerprint density at radius 2 is 2.05 bits per heavy atom. The lowest BCUT2D eigenvalue weighted by molar-refractivity contribution is -0.140. The van der Waals surface area contributed by atoms with Crippen molar-refractivity contribution in [2.45, 2.75) is 24.8 Å². The summed E-state index contributed by atoms with van der Waals surface area (Å²) in [6, 6.07) is 9.83. The Hall–Kier alpha value is -1.81. The van der Waals surface area contributed by atoms with E-state index >= 15 is 0 Å². The van der Waals surface area contributed by atoms with Gasteiger partial charge in [-0.2, -0.15) is 5.10 Å². The minimum absolute atomic E-state index is 0.434. The lowest BCUT2D eigenvalue weighted by Gasteiger charge is -2.08. The molecule has 1 aliphatic carbocycles. The number of benzene rings is 1. The molecule has 0 spiro atoms. The van der Waals surface area contributed by atoms with Gasteiger partial charge in [0.05, 0.1) is 18.2 Å². The van der Waals surface area contributed by atoms with Crippen LogP contribution in [0.25, 0.3) is 0 Å². The third-order valence-corrected chi connectivity index (χ3v) is 4.02. The molecule has 0 bridgehead atoms. The standard InChI is InChI=1S/C14H13ClN2O2/c15-12-11(14(6-7-14)13(18)19)8-16-17(12)9-10-4-2-1-3-5-10/h1-5,8H,6-7,9H2,(H,18,19). The maximum Gasteiger partial charge on any atom is 0.314 e. The highest BCUT2D eigenvalue weighted by atomic mass is 35.5. The molecule has 0 unspecified atom stereocenters. The molecule has 1 aromatic heterocycles. The Bertz CT molecular complexity index is 618. The predicted octanol–water partition coefficient (Wildman–Crippen LogP) is 2.70. The molecule has 1 heterocycles. The van der Waals surface area contributed by atoms with Crippen molar-refractivity contribution in [2.75, 3.05) is 0 Å². The zero-order valence-corrected chi connectivity index (χ0v) is 11.0. The van der Waals surface area contributed by atoms with Gasteiger partial charge in [0.1, 0.15) is 5.15 Å². The first-order valence-corrected chi connectivity index (χ1v) is 6.50. The lowest BCUT2D eigenvalue weighted by atomic mass is 10.0. The van der Waals surface area contributed by atoms with E-state index in [9.17, 15) is 9.90 Å². The average molecular weight is 277 g/mol. The van der Waals surface area contributed by atoms with Crippen LogP contribution in [-0.2, 0) is 16.8 Å². The highest BCUT2D eigenvalue weighted by Gasteiger charge is 2.54. The number of aromatic nitrogens is 2. The van der Waals surface area contributed by atoms with Gasteiger partial charge in [0, 0.05) is 5.56 Å². The summed E-state index contributed by atoms with van der Waals surface area (Å²) in [7, 11) is 0. The fourth-order valence-corrected chi connectivity index (χ4v) is 2.61. The van der Waals surface area contributed by atoms with Crippen LogP contribution in [0.1, 0.15) is 24.0 Å². The van der Waals surface area contributed by atoms with Crippen molar-refractivity contribution in [3.8, 4) is 0 Å². The van der Waals surface area contributed by atoms with E-state index in [1.165, 1.54) is 0 Å². The van der Waals surface area contributed by atoms with E-state index in [2.05, 4.69) is 5.10 Å². The summed E-state index contributed by atoms with van der Waals surface area (Å²) in [5.41, 5.74) is 0.920. The largest absolute Gasteiger partial charge is 0.481 e. The van der Waals surface area contributed by atoms with Crippen molar-refractivity contribution in [1.82, 2.24) is 9.78 Å². The number of hydrogen-bond donors (Lipinski definition) is 1. The Morgan fingerprint density at radius 1 is 1.37 bits per heavy atom. The molecule has 0 atom stereocenters. The molecular weight excluding hydrogens is 264 g/mol. The third-order valence-electron chi connectivity index (χ3n) is 3.63. The fourth-order valence-electron chi connectivity index (χ4n) is 2.28. The molecule has 2 aromatic rings. The molecule has 1 aromatic carbocycles. The molecule has 3 rings (SSSR count).